The summed E-state index contributed by atoms with van der Waals surface area (Å²) in [5.41, 5.74) is 0.990. The lowest BCUT2D eigenvalue weighted by Crippen LogP contribution is -2.07. The lowest BCUT2D eigenvalue weighted by atomic mass is 10.1. The molecule has 2 aromatic rings. The highest BCUT2D eigenvalue weighted by Gasteiger charge is 2.33. The predicted octanol–water partition coefficient (Wildman–Crippen LogP) is 7.08. The van der Waals surface area contributed by atoms with E-state index >= 15 is 0 Å². The minimum Gasteiger partial charge on any atom is -0.166 e. The third-order valence-electron chi connectivity index (χ3n) is 2.71. The van der Waals surface area contributed by atoms with Crippen LogP contribution < -0.4 is 0 Å². The van der Waals surface area contributed by atoms with Crippen LogP contribution >= 0.6 is 59.1 Å². The molecule has 0 radical (unpaired) electrons. The zero-order chi connectivity index (χ0) is 15.1. The number of hydrogen-bond acceptors (Lipinski definition) is 1. The molecule has 108 valence electrons. The molecule has 0 spiro atoms. The molecule has 0 bridgehead atoms. The fourth-order valence-electron chi connectivity index (χ4n) is 1.69. The van der Waals surface area contributed by atoms with Gasteiger partial charge in [-0.2, -0.15) is 13.2 Å². The monoisotopic (exact) mass is 490 g/mol. The van der Waals surface area contributed by atoms with E-state index in [1.807, 2.05) is 13.0 Å². The van der Waals surface area contributed by atoms with E-state index in [2.05, 4.69) is 47.8 Å². The van der Waals surface area contributed by atoms with Crippen LogP contribution in [0.1, 0.15) is 26.4 Å². The van der Waals surface area contributed by atoms with E-state index < -0.39 is 11.7 Å². The van der Waals surface area contributed by atoms with Crippen LogP contribution in [-0.2, 0) is 6.18 Å². The van der Waals surface area contributed by atoms with Gasteiger partial charge >= 0.3 is 6.18 Å². The lowest BCUT2D eigenvalue weighted by molar-refractivity contribution is -0.138. The average molecular weight is 493 g/mol. The van der Waals surface area contributed by atoms with E-state index in [1.165, 1.54) is 23.5 Å². The van der Waals surface area contributed by atoms with Crippen LogP contribution in [0.2, 0.25) is 0 Å². The third kappa shape index (κ3) is 3.48. The molecule has 7 heteroatoms. The maximum Gasteiger partial charge on any atom is 0.417 e. The highest BCUT2D eigenvalue weighted by molar-refractivity contribution is 9.11. The Hall–Kier alpha value is 0.150. The maximum absolute atomic E-state index is 12.9. The van der Waals surface area contributed by atoms with Gasteiger partial charge in [0, 0.05) is 9.35 Å². The smallest absolute Gasteiger partial charge is 0.166 e. The van der Waals surface area contributed by atoms with Crippen LogP contribution in [-0.4, -0.2) is 0 Å². The second-order valence-electron chi connectivity index (χ2n) is 4.21. The number of rotatable bonds is 2. The second-order valence-corrected chi connectivity index (χ2v) is 8.38. The Morgan fingerprint density at radius 2 is 1.80 bits per heavy atom. The van der Waals surface area contributed by atoms with Crippen LogP contribution in [0.4, 0.5) is 13.2 Å². The van der Waals surface area contributed by atoms with Gasteiger partial charge in [-0.1, -0.05) is 37.9 Å². The zero-order valence-corrected chi connectivity index (χ0v) is 15.6. The van der Waals surface area contributed by atoms with Crippen molar-refractivity contribution in [2.75, 3.05) is 0 Å². The van der Waals surface area contributed by atoms with Crippen LogP contribution in [0.25, 0.3) is 0 Å². The van der Waals surface area contributed by atoms with Gasteiger partial charge in [0.2, 0.25) is 0 Å². The van der Waals surface area contributed by atoms with E-state index in [4.69, 9.17) is 0 Å². The Labute approximate surface area is 143 Å². The Morgan fingerprint density at radius 3 is 2.30 bits per heavy atom. The molecular weight excluding hydrogens is 485 g/mol. The summed E-state index contributed by atoms with van der Waals surface area (Å²) in [6.45, 7) is 1.95. The number of hydrogen-bond donors (Lipinski definition) is 0. The van der Waals surface area contributed by atoms with E-state index in [9.17, 15) is 13.2 Å². The summed E-state index contributed by atoms with van der Waals surface area (Å²) >= 11 is 11.4. The Balaban J connectivity index is 2.43. The first-order chi connectivity index (χ1) is 9.20. The molecule has 1 aromatic carbocycles. The molecule has 0 N–H and O–H groups in total. The first-order valence-electron chi connectivity index (χ1n) is 5.46. The Kier molecular flexibility index (Phi) is 5.04. The van der Waals surface area contributed by atoms with Crippen LogP contribution in [0.15, 0.2) is 32.5 Å². The van der Waals surface area contributed by atoms with Crippen molar-refractivity contribution in [1.29, 1.82) is 0 Å². The average Bonchev–Trinajstić information content (AvgIpc) is 2.68. The van der Waals surface area contributed by atoms with Crippen molar-refractivity contribution in [1.82, 2.24) is 0 Å². The highest BCUT2D eigenvalue weighted by Crippen LogP contribution is 2.42. The van der Waals surface area contributed by atoms with E-state index in [1.54, 1.807) is 6.07 Å². The summed E-state index contributed by atoms with van der Waals surface area (Å²) in [5, 5.41) is 0. The fourth-order valence-corrected chi connectivity index (χ4v) is 4.44. The molecule has 20 heavy (non-hydrogen) atoms. The molecule has 0 saturated carbocycles. The molecule has 0 aliphatic carbocycles. The summed E-state index contributed by atoms with van der Waals surface area (Å²) in [6, 6.07) is 6.25. The first-order valence-corrected chi connectivity index (χ1v) is 8.78. The Bertz CT molecular complexity index is 615. The molecule has 0 aliphatic heterocycles. The van der Waals surface area contributed by atoms with Gasteiger partial charge in [-0.05, 0) is 52.2 Å². The lowest BCUT2D eigenvalue weighted by Gasteiger charge is -2.14. The van der Waals surface area contributed by atoms with Gasteiger partial charge in [0.1, 0.15) is 0 Å². The van der Waals surface area contributed by atoms with Crippen molar-refractivity contribution >= 4 is 59.1 Å². The molecule has 0 aliphatic rings. The standard InChI is InChI=1S/C13H8Br3F3S/c1-6-4-10(20-12(6)16)11(15)7-2-3-9(14)8(5-7)13(17,18)19/h2-5,11H,1H3. The maximum atomic E-state index is 12.9. The molecule has 0 amide bonds. The van der Waals surface area contributed by atoms with E-state index in [-0.39, 0.29) is 9.30 Å². The largest absolute Gasteiger partial charge is 0.417 e. The van der Waals surface area contributed by atoms with Crippen LogP contribution in [0.3, 0.4) is 0 Å². The molecule has 1 unspecified atom stereocenters. The fraction of sp³-hybridized carbons (Fsp3) is 0.231. The topological polar surface area (TPSA) is 0 Å². The van der Waals surface area contributed by atoms with Crippen molar-refractivity contribution in [2.24, 2.45) is 0 Å². The van der Waals surface area contributed by atoms with Gasteiger partial charge in [-0.15, -0.1) is 11.3 Å². The molecule has 1 heterocycles. The van der Waals surface area contributed by atoms with Crippen molar-refractivity contribution in [3.05, 3.63) is 54.1 Å². The molecule has 0 nitrogen and oxygen atoms in total. The van der Waals surface area contributed by atoms with Gasteiger partial charge in [-0.25, -0.2) is 0 Å². The second kappa shape index (κ2) is 6.10. The molecule has 0 saturated heterocycles. The highest BCUT2D eigenvalue weighted by atomic mass is 79.9. The third-order valence-corrected chi connectivity index (χ3v) is 6.93. The number of halogens is 6. The van der Waals surface area contributed by atoms with Gasteiger partial charge in [0.25, 0.3) is 0 Å². The number of aryl methyl sites for hydroxylation is 1. The number of thiophene rings is 1. The quantitative estimate of drug-likeness (QED) is 0.393. The first kappa shape index (κ1) is 16.5. The minimum absolute atomic E-state index is 0.0528. The summed E-state index contributed by atoms with van der Waals surface area (Å²) in [7, 11) is 0. The molecule has 1 aromatic heterocycles. The van der Waals surface area contributed by atoms with Gasteiger partial charge in [-0.3, -0.25) is 0 Å². The van der Waals surface area contributed by atoms with E-state index in [0.717, 1.165) is 14.2 Å². The number of alkyl halides is 4. The summed E-state index contributed by atoms with van der Waals surface area (Å²) in [4.78, 5) is 0.705. The summed E-state index contributed by atoms with van der Waals surface area (Å²) in [5.74, 6) is 0. The van der Waals surface area contributed by atoms with E-state index in [0.29, 0.717) is 5.56 Å². The van der Waals surface area contributed by atoms with Crippen molar-refractivity contribution in [3.8, 4) is 0 Å². The summed E-state index contributed by atoms with van der Waals surface area (Å²) < 4.78 is 39.8. The number of benzene rings is 1. The van der Waals surface area contributed by atoms with Crippen molar-refractivity contribution < 1.29 is 13.2 Å². The van der Waals surface area contributed by atoms with Crippen molar-refractivity contribution in [2.45, 2.75) is 17.9 Å². The van der Waals surface area contributed by atoms with Crippen molar-refractivity contribution in [3.63, 3.8) is 0 Å². The SMILES string of the molecule is Cc1cc(C(Br)c2ccc(Br)c(C(F)(F)F)c2)sc1Br. The van der Waals surface area contributed by atoms with Gasteiger partial charge < -0.3 is 0 Å². The molecular formula is C13H8Br3F3S. The molecule has 1 atom stereocenters. The molecule has 0 fully saturated rings. The minimum atomic E-state index is -4.37. The van der Waals surface area contributed by atoms with Gasteiger partial charge in [0.05, 0.1) is 14.2 Å². The van der Waals surface area contributed by atoms with Gasteiger partial charge in [0.15, 0.2) is 0 Å². The normalized spacial score (nSPS) is 13.6. The van der Waals surface area contributed by atoms with Crippen LogP contribution in [0, 0.1) is 6.92 Å². The summed E-state index contributed by atoms with van der Waals surface area (Å²) in [6.07, 6.45) is -4.37. The predicted molar refractivity (Wildman–Crippen MR) is 86.7 cm³/mol. The Morgan fingerprint density at radius 1 is 1.15 bits per heavy atom. The molecule has 2 rings (SSSR count). The van der Waals surface area contributed by atoms with Crippen LogP contribution in [0.5, 0.6) is 0 Å². The zero-order valence-electron chi connectivity index (χ0n) is 10.1.